The van der Waals surface area contributed by atoms with Gasteiger partial charge in [-0.2, -0.15) is 5.26 Å². The van der Waals surface area contributed by atoms with Gasteiger partial charge in [-0.1, -0.05) is 34.1 Å². The number of rotatable bonds is 5. The van der Waals surface area contributed by atoms with Crippen LogP contribution in [0.25, 0.3) is 23.0 Å². The van der Waals surface area contributed by atoms with E-state index < -0.39 is 0 Å². The molecular weight excluding hydrogens is 394 g/mol. The first-order chi connectivity index (χ1) is 12.7. The van der Waals surface area contributed by atoms with Gasteiger partial charge in [0.05, 0.1) is 25.9 Å². The maximum atomic E-state index is 9.56. The normalized spacial score (nSPS) is 11.1. The number of hydrogen-bond acceptors (Lipinski definition) is 4. The zero-order valence-corrected chi connectivity index (χ0v) is 15.9. The summed E-state index contributed by atoms with van der Waals surface area (Å²) in [5.74, 6) is 2.51. The van der Waals surface area contributed by atoms with Crippen molar-refractivity contribution in [2.45, 2.75) is 0 Å². The number of furan rings is 1. The van der Waals surface area contributed by atoms with Crippen LogP contribution < -0.4 is 9.47 Å². The molecule has 0 amide bonds. The number of halogens is 1. The Labute approximate surface area is 160 Å². The molecule has 0 aliphatic carbocycles. The molecule has 0 unspecified atom stereocenters. The molecule has 1 heterocycles. The standard InChI is InChI=1S/C21H16BrNO3/c1-24-20-9-7-14(12-21(20)25-2)15(13-23)11-16-8-10-19(26-16)17-5-3-4-6-18(17)22/h3-12H,1-2H3/b15-11-. The molecule has 0 aliphatic heterocycles. The van der Waals surface area contributed by atoms with Crippen molar-refractivity contribution in [1.82, 2.24) is 0 Å². The van der Waals surface area contributed by atoms with Crippen molar-refractivity contribution >= 4 is 27.6 Å². The SMILES string of the molecule is COc1ccc(/C(C#N)=C\c2ccc(-c3ccccc3Br)o2)cc1OC. The topological polar surface area (TPSA) is 55.4 Å². The summed E-state index contributed by atoms with van der Waals surface area (Å²) in [5, 5.41) is 9.56. The summed E-state index contributed by atoms with van der Waals surface area (Å²) >= 11 is 3.52. The molecule has 0 saturated heterocycles. The fraction of sp³-hybridized carbons (Fsp3) is 0.0952. The highest BCUT2D eigenvalue weighted by Gasteiger charge is 2.10. The van der Waals surface area contributed by atoms with Crippen LogP contribution in [0.1, 0.15) is 11.3 Å². The Balaban J connectivity index is 1.96. The van der Waals surface area contributed by atoms with Crippen LogP contribution in [0.4, 0.5) is 0 Å². The van der Waals surface area contributed by atoms with E-state index in [0.29, 0.717) is 22.8 Å². The third kappa shape index (κ3) is 3.66. The monoisotopic (exact) mass is 409 g/mol. The highest BCUT2D eigenvalue weighted by atomic mass is 79.9. The van der Waals surface area contributed by atoms with Crippen molar-refractivity contribution in [3.05, 3.63) is 70.4 Å². The van der Waals surface area contributed by atoms with Crippen molar-refractivity contribution in [3.63, 3.8) is 0 Å². The fourth-order valence-electron chi connectivity index (χ4n) is 2.56. The molecule has 3 rings (SSSR count). The van der Waals surface area contributed by atoms with Crippen LogP contribution in [0.3, 0.4) is 0 Å². The Bertz CT molecular complexity index is 998. The van der Waals surface area contributed by atoms with Crippen molar-refractivity contribution in [2.24, 2.45) is 0 Å². The van der Waals surface area contributed by atoms with Gasteiger partial charge in [-0.25, -0.2) is 0 Å². The highest BCUT2D eigenvalue weighted by molar-refractivity contribution is 9.10. The molecule has 1 aromatic heterocycles. The molecule has 4 nitrogen and oxygen atoms in total. The summed E-state index contributed by atoms with van der Waals surface area (Å²) in [5.41, 5.74) is 2.15. The molecular formula is C21H16BrNO3. The van der Waals surface area contributed by atoms with E-state index in [1.807, 2.05) is 42.5 Å². The molecule has 3 aromatic rings. The predicted molar refractivity (Wildman–Crippen MR) is 105 cm³/mol. The number of benzene rings is 2. The first-order valence-corrected chi connectivity index (χ1v) is 8.64. The van der Waals surface area contributed by atoms with Crippen molar-refractivity contribution in [1.29, 1.82) is 5.26 Å². The van der Waals surface area contributed by atoms with Crippen LogP contribution in [0.2, 0.25) is 0 Å². The van der Waals surface area contributed by atoms with E-state index in [4.69, 9.17) is 13.9 Å². The second-order valence-electron chi connectivity index (χ2n) is 5.42. The van der Waals surface area contributed by atoms with Crippen LogP contribution in [-0.2, 0) is 0 Å². The Hall–Kier alpha value is -2.97. The maximum absolute atomic E-state index is 9.56. The lowest BCUT2D eigenvalue weighted by Crippen LogP contribution is -1.92. The minimum atomic E-state index is 0.471. The molecule has 0 N–H and O–H groups in total. The molecule has 130 valence electrons. The van der Waals surface area contributed by atoms with E-state index in [0.717, 1.165) is 21.4 Å². The third-order valence-corrected chi connectivity index (χ3v) is 4.56. The molecule has 0 atom stereocenters. The molecule has 5 heteroatoms. The van der Waals surface area contributed by atoms with Gasteiger partial charge in [0.2, 0.25) is 0 Å². The molecule has 0 spiro atoms. The molecule has 2 aromatic carbocycles. The number of nitriles is 1. The molecule has 0 saturated carbocycles. The summed E-state index contributed by atoms with van der Waals surface area (Å²) in [6.07, 6.45) is 1.71. The Morgan fingerprint density at radius 2 is 1.81 bits per heavy atom. The minimum Gasteiger partial charge on any atom is -0.493 e. The summed E-state index contributed by atoms with van der Waals surface area (Å²) in [4.78, 5) is 0. The zero-order chi connectivity index (χ0) is 18.5. The van der Waals surface area contributed by atoms with Crippen molar-refractivity contribution < 1.29 is 13.9 Å². The predicted octanol–water partition coefficient (Wildman–Crippen LogP) is 5.79. The Morgan fingerprint density at radius 1 is 1.04 bits per heavy atom. The number of hydrogen-bond donors (Lipinski definition) is 0. The number of allylic oxidation sites excluding steroid dienone is 1. The largest absolute Gasteiger partial charge is 0.493 e. The second-order valence-corrected chi connectivity index (χ2v) is 6.28. The van der Waals surface area contributed by atoms with Gasteiger partial charge in [-0.05, 0) is 48.0 Å². The van der Waals surface area contributed by atoms with Crippen LogP contribution in [-0.4, -0.2) is 14.2 Å². The average Bonchev–Trinajstić information content (AvgIpc) is 3.14. The lowest BCUT2D eigenvalue weighted by molar-refractivity contribution is 0.355. The van der Waals surface area contributed by atoms with Gasteiger partial charge >= 0.3 is 0 Å². The van der Waals surface area contributed by atoms with Gasteiger partial charge in [0.25, 0.3) is 0 Å². The van der Waals surface area contributed by atoms with Gasteiger partial charge in [0, 0.05) is 10.0 Å². The molecule has 0 bridgehead atoms. The van der Waals surface area contributed by atoms with Crippen LogP contribution in [0.15, 0.2) is 63.5 Å². The fourth-order valence-corrected chi connectivity index (χ4v) is 3.04. The van der Waals surface area contributed by atoms with Gasteiger partial charge in [0.1, 0.15) is 11.5 Å². The van der Waals surface area contributed by atoms with Crippen LogP contribution >= 0.6 is 15.9 Å². The number of methoxy groups -OCH3 is 2. The van der Waals surface area contributed by atoms with E-state index in [-0.39, 0.29) is 0 Å². The van der Waals surface area contributed by atoms with Crippen LogP contribution in [0, 0.1) is 11.3 Å². The van der Waals surface area contributed by atoms with E-state index in [1.165, 1.54) is 0 Å². The molecule has 0 aliphatic rings. The molecule has 0 radical (unpaired) electrons. The zero-order valence-electron chi connectivity index (χ0n) is 14.3. The van der Waals surface area contributed by atoms with Gasteiger partial charge < -0.3 is 13.9 Å². The van der Waals surface area contributed by atoms with Crippen molar-refractivity contribution in [3.8, 4) is 28.9 Å². The second kappa shape index (κ2) is 7.94. The van der Waals surface area contributed by atoms with Gasteiger partial charge in [-0.3, -0.25) is 0 Å². The number of ether oxygens (including phenoxy) is 2. The summed E-state index contributed by atoms with van der Waals surface area (Å²) < 4.78 is 17.4. The minimum absolute atomic E-state index is 0.471. The van der Waals surface area contributed by atoms with Gasteiger partial charge in [0.15, 0.2) is 11.5 Å². The third-order valence-electron chi connectivity index (χ3n) is 3.87. The average molecular weight is 410 g/mol. The molecule has 0 fully saturated rings. The van der Waals surface area contributed by atoms with E-state index in [2.05, 4.69) is 22.0 Å². The Kier molecular flexibility index (Phi) is 5.45. The highest BCUT2D eigenvalue weighted by Crippen LogP contribution is 2.33. The number of nitrogens with zero attached hydrogens (tertiary/aromatic N) is 1. The summed E-state index contributed by atoms with van der Waals surface area (Å²) in [7, 11) is 3.14. The van der Waals surface area contributed by atoms with E-state index >= 15 is 0 Å². The lowest BCUT2D eigenvalue weighted by Gasteiger charge is -2.08. The van der Waals surface area contributed by atoms with Crippen molar-refractivity contribution in [2.75, 3.05) is 14.2 Å². The molecule has 26 heavy (non-hydrogen) atoms. The van der Waals surface area contributed by atoms with E-state index in [1.54, 1.807) is 32.4 Å². The van der Waals surface area contributed by atoms with E-state index in [9.17, 15) is 5.26 Å². The first kappa shape index (κ1) is 17.8. The quantitative estimate of drug-likeness (QED) is 0.500. The lowest BCUT2D eigenvalue weighted by atomic mass is 10.1. The Morgan fingerprint density at radius 3 is 2.50 bits per heavy atom. The summed E-state index contributed by atoms with van der Waals surface area (Å²) in [6.45, 7) is 0. The smallest absolute Gasteiger partial charge is 0.161 e. The summed E-state index contributed by atoms with van der Waals surface area (Å²) in [6, 6.07) is 19.1. The van der Waals surface area contributed by atoms with Gasteiger partial charge in [-0.15, -0.1) is 0 Å². The maximum Gasteiger partial charge on any atom is 0.161 e. The first-order valence-electron chi connectivity index (χ1n) is 7.85. The van der Waals surface area contributed by atoms with Crippen LogP contribution in [0.5, 0.6) is 11.5 Å².